The molecular weight excluding hydrogens is 368 g/mol. The summed E-state index contributed by atoms with van der Waals surface area (Å²) in [6.07, 6.45) is 0. The Hall–Kier alpha value is -3.33. The number of esters is 1. The molecule has 0 aliphatic carbocycles. The van der Waals surface area contributed by atoms with Gasteiger partial charge in [0, 0.05) is 11.1 Å². The molecule has 0 aliphatic rings. The second kappa shape index (κ2) is 8.17. The molecular formula is C16H13ClN2O7. The lowest BCUT2D eigenvalue weighted by Crippen LogP contribution is -2.20. The Bertz CT molecular complexity index is 870. The molecule has 0 heterocycles. The summed E-state index contributed by atoms with van der Waals surface area (Å²) in [5.41, 5.74) is 4.66. The highest BCUT2D eigenvalue weighted by molar-refractivity contribution is 6.30. The third-order valence-electron chi connectivity index (χ3n) is 3.08. The Morgan fingerprint density at radius 2 is 1.85 bits per heavy atom. The molecule has 0 atom stereocenters. The fourth-order valence-electron chi connectivity index (χ4n) is 1.94. The molecule has 2 N–H and O–H groups in total. The first kappa shape index (κ1) is 19.0. The van der Waals surface area contributed by atoms with Gasteiger partial charge >= 0.3 is 11.7 Å². The Morgan fingerprint density at radius 3 is 2.46 bits per heavy atom. The molecule has 0 unspecified atom stereocenters. The number of carbonyl (C=O) groups is 2. The monoisotopic (exact) mass is 380 g/mol. The molecule has 0 saturated heterocycles. The molecule has 2 rings (SSSR count). The number of ether oxygens (including phenoxy) is 3. The summed E-state index contributed by atoms with van der Waals surface area (Å²) in [6.45, 7) is -0.559. The van der Waals surface area contributed by atoms with Crippen LogP contribution in [0.5, 0.6) is 17.2 Å². The maximum Gasteiger partial charge on any atom is 0.338 e. The highest BCUT2D eigenvalue weighted by Gasteiger charge is 2.19. The summed E-state index contributed by atoms with van der Waals surface area (Å²) in [6, 6.07) is 7.96. The molecule has 1 amide bonds. The highest BCUT2D eigenvalue weighted by atomic mass is 35.5. The maximum atomic E-state index is 11.8. The molecule has 136 valence electrons. The number of methoxy groups -OCH3 is 1. The van der Waals surface area contributed by atoms with Crippen molar-refractivity contribution in [3.63, 3.8) is 0 Å². The predicted octanol–water partition coefficient (Wildman–Crippen LogP) is 2.69. The van der Waals surface area contributed by atoms with E-state index in [1.165, 1.54) is 37.4 Å². The lowest BCUT2D eigenvalue weighted by molar-refractivity contribution is -0.385. The maximum absolute atomic E-state index is 11.8. The number of halogens is 1. The van der Waals surface area contributed by atoms with Crippen molar-refractivity contribution >= 4 is 29.2 Å². The predicted molar refractivity (Wildman–Crippen MR) is 90.7 cm³/mol. The summed E-state index contributed by atoms with van der Waals surface area (Å²) < 4.78 is 15.4. The van der Waals surface area contributed by atoms with Gasteiger partial charge < -0.3 is 19.9 Å². The van der Waals surface area contributed by atoms with Crippen molar-refractivity contribution in [2.75, 3.05) is 13.7 Å². The van der Waals surface area contributed by atoms with Gasteiger partial charge in [0.2, 0.25) is 5.75 Å². The zero-order chi connectivity index (χ0) is 19.3. The summed E-state index contributed by atoms with van der Waals surface area (Å²) >= 11 is 5.76. The first-order chi connectivity index (χ1) is 12.3. The van der Waals surface area contributed by atoms with Crippen LogP contribution in [-0.2, 0) is 9.53 Å². The van der Waals surface area contributed by atoms with E-state index < -0.39 is 23.4 Å². The zero-order valence-corrected chi connectivity index (χ0v) is 14.2. The van der Waals surface area contributed by atoms with Crippen molar-refractivity contribution in [3.8, 4) is 17.2 Å². The Labute approximate surface area is 152 Å². The van der Waals surface area contributed by atoms with E-state index in [9.17, 15) is 19.7 Å². The van der Waals surface area contributed by atoms with E-state index >= 15 is 0 Å². The summed E-state index contributed by atoms with van der Waals surface area (Å²) in [5, 5.41) is 11.3. The fraction of sp³-hybridized carbons (Fsp3) is 0.125. The van der Waals surface area contributed by atoms with Gasteiger partial charge in [0.05, 0.1) is 17.6 Å². The molecule has 0 radical (unpaired) electrons. The van der Waals surface area contributed by atoms with E-state index in [-0.39, 0.29) is 33.5 Å². The number of nitrogens with two attached hydrogens (primary N) is 1. The lowest BCUT2D eigenvalue weighted by Gasteiger charge is -2.12. The van der Waals surface area contributed by atoms with Crippen LogP contribution in [0.3, 0.4) is 0 Å². The van der Waals surface area contributed by atoms with Crippen LogP contribution in [0.2, 0.25) is 5.02 Å². The third-order valence-corrected chi connectivity index (χ3v) is 3.32. The van der Waals surface area contributed by atoms with Crippen LogP contribution in [0, 0.1) is 10.1 Å². The summed E-state index contributed by atoms with van der Waals surface area (Å²) in [7, 11) is 1.33. The van der Waals surface area contributed by atoms with Crippen molar-refractivity contribution in [1.82, 2.24) is 0 Å². The molecule has 0 spiro atoms. The average Bonchev–Trinajstić information content (AvgIpc) is 2.61. The largest absolute Gasteiger partial charge is 0.493 e. The van der Waals surface area contributed by atoms with Crippen LogP contribution in [0.25, 0.3) is 0 Å². The number of nitro groups is 1. The van der Waals surface area contributed by atoms with Crippen LogP contribution >= 0.6 is 11.6 Å². The van der Waals surface area contributed by atoms with Gasteiger partial charge in [0.25, 0.3) is 5.91 Å². The van der Waals surface area contributed by atoms with Gasteiger partial charge in [0.15, 0.2) is 18.1 Å². The molecule has 9 nitrogen and oxygen atoms in total. The van der Waals surface area contributed by atoms with Gasteiger partial charge in [-0.05, 0) is 30.3 Å². The van der Waals surface area contributed by atoms with Gasteiger partial charge in [-0.25, -0.2) is 4.79 Å². The van der Waals surface area contributed by atoms with E-state index in [2.05, 4.69) is 0 Å². The van der Waals surface area contributed by atoms with Gasteiger partial charge in [-0.1, -0.05) is 11.6 Å². The number of nitrogens with zero attached hydrogens (tertiary/aromatic N) is 1. The van der Waals surface area contributed by atoms with Crippen molar-refractivity contribution in [1.29, 1.82) is 0 Å². The van der Waals surface area contributed by atoms with Gasteiger partial charge in [-0.15, -0.1) is 0 Å². The quantitative estimate of drug-likeness (QED) is 0.443. The van der Waals surface area contributed by atoms with Crippen molar-refractivity contribution in [3.05, 3.63) is 57.1 Å². The molecule has 2 aromatic rings. The number of hydrogen-bond acceptors (Lipinski definition) is 7. The second-order valence-electron chi connectivity index (χ2n) is 4.88. The molecule has 26 heavy (non-hydrogen) atoms. The number of nitro benzene ring substituents is 1. The third kappa shape index (κ3) is 4.61. The van der Waals surface area contributed by atoms with Crippen LogP contribution in [-0.4, -0.2) is 30.5 Å². The topological polar surface area (TPSA) is 131 Å². The molecule has 0 bridgehead atoms. The van der Waals surface area contributed by atoms with Crippen LogP contribution in [0.15, 0.2) is 36.4 Å². The smallest absolute Gasteiger partial charge is 0.338 e. The summed E-state index contributed by atoms with van der Waals surface area (Å²) in [5.74, 6) is -1.37. The van der Waals surface area contributed by atoms with E-state index in [4.69, 9.17) is 31.5 Å². The van der Waals surface area contributed by atoms with Crippen LogP contribution in [0.1, 0.15) is 10.4 Å². The molecule has 2 aromatic carbocycles. The second-order valence-corrected chi connectivity index (χ2v) is 5.32. The van der Waals surface area contributed by atoms with Gasteiger partial charge in [-0.2, -0.15) is 0 Å². The van der Waals surface area contributed by atoms with Crippen LogP contribution < -0.4 is 15.2 Å². The minimum Gasteiger partial charge on any atom is -0.493 e. The Kier molecular flexibility index (Phi) is 5.97. The molecule has 0 aliphatic heterocycles. The van der Waals surface area contributed by atoms with Crippen molar-refractivity contribution in [2.24, 2.45) is 5.73 Å². The minimum absolute atomic E-state index is 0.0539. The van der Waals surface area contributed by atoms with Gasteiger partial charge in [-0.3, -0.25) is 14.9 Å². The number of benzene rings is 2. The van der Waals surface area contributed by atoms with E-state index in [1.807, 2.05) is 0 Å². The number of amides is 1. The van der Waals surface area contributed by atoms with E-state index in [1.54, 1.807) is 0 Å². The molecule has 0 aromatic heterocycles. The van der Waals surface area contributed by atoms with E-state index in [0.29, 0.717) is 0 Å². The number of rotatable bonds is 7. The van der Waals surface area contributed by atoms with Crippen LogP contribution in [0.4, 0.5) is 5.69 Å². The standard InChI is InChI=1S/C16H13ClN2O7/c1-24-14-6-9(16(21)25-8-15(18)20)2-4-13(14)26-12-5-3-10(17)7-11(12)19(22)23/h2-7H,8H2,1H3,(H2,18,20). The van der Waals surface area contributed by atoms with Crippen molar-refractivity contribution < 1.29 is 28.7 Å². The molecule has 10 heteroatoms. The first-order valence-corrected chi connectivity index (χ1v) is 7.45. The van der Waals surface area contributed by atoms with E-state index in [0.717, 1.165) is 6.07 Å². The summed E-state index contributed by atoms with van der Waals surface area (Å²) in [4.78, 5) is 33.0. The van der Waals surface area contributed by atoms with Crippen molar-refractivity contribution in [2.45, 2.75) is 0 Å². The number of carbonyl (C=O) groups excluding carboxylic acids is 2. The number of primary amides is 1. The minimum atomic E-state index is -0.791. The normalized spacial score (nSPS) is 10.1. The lowest BCUT2D eigenvalue weighted by atomic mass is 10.2. The SMILES string of the molecule is COc1cc(C(=O)OCC(N)=O)ccc1Oc1ccc(Cl)cc1[N+](=O)[O-]. The average molecular weight is 381 g/mol. The molecule has 0 fully saturated rings. The Morgan fingerprint density at radius 1 is 1.15 bits per heavy atom. The zero-order valence-electron chi connectivity index (χ0n) is 13.4. The highest BCUT2D eigenvalue weighted by Crippen LogP contribution is 2.37. The first-order valence-electron chi connectivity index (χ1n) is 7.07. The fourth-order valence-corrected chi connectivity index (χ4v) is 2.10. The molecule has 0 saturated carbocycles. The van der Waals surface area contributed by atoms with Gasteiger partial charge in [0.1, 0.15) is 0 Å². The Balaban J connectivity index is 2.30. The number of hydrogen-bond donors (Lipinski definition) is 1.